The van der Waals surface area contributed by atoms with Crippen LogP contribution in [0.15, 0.2) is 84.9 Å². The summed E-state index contributed by atoms with van der Waals surface area (Å²) in [7, 11) is 5.43. The van der Waals surface area contributed by atoms with Crippen LogP contribution in [0.25, 0.3) is 0 Å². The number of hydrogen-bond acceptors (Lipinski definition) is 4. The maximum atomic E-state index is 11.7. The molecule has 0 fully saturated rings. The minimum Gasteiger partial charge on any atom is -0.389 e. The Kier molecular flexibility index (Phi) is 9.25. The van der Waals surface area contributed by atoms with Crippen molar-refractivity contribution in [2.75, 3.05) is 0 Å². The Morgan fingerprint density at radius 2 is 1.55 bits per heavy atom. The molecule has 0 saturated carbocycles. The van der Waals surface area contributed by atoms with Gasteiger partial charge >= 0.3 is 0 Å². The maximum absolute atomic E-state index is 11.7. The summed E-state index contributed by atoms with van der Waals surface area (Å²) in [6, 6.07) is 28.5. The molecule has 0 unspecified atom stereocenters. The van der Waals surface area contributed by atoms with E-state index >= 15 is 0 Å². The minimum absolute atomic E-state index is 0.309. The largest absolute Gasteiger partial charge is 0.389 e. The highest BCUT2D eigenvalue weighted by molar-refractivity contribution is 6.57. The lowest BCUT2D eigenvalue weighted by molar-refractivity contribution is 0.0862. The molecule has 0 bridgehead atoms. The minimum atomic E-state index is -0.874. The van der Waals surface area contributed by atoms with Gasteiger partial charge in [0.25, 0.3) is 0 Å². The molecule has 0 spiro atoms. The maximum Gasteiger partial charge on any atom is 0.200 e. The van der Waals surface area contributed by atoms with Crippen molar-refractivity contribution < 1.29 is 9.90 Å². The van der Waals surface area contributed by atoms with Crippen molar-refractivity contribution in [3.8, 4) is 6.07 Å². The van der Waals surface area contributed by atoms with Crippen molar-refractivity contribution in [1.82, 2.24) is 10.6 Å². The fourth-order valence-corrected chi connectivity index (χ4v) is 3.95. The molecule has 0 aromatic heterocycles. The summed E-state index contributed by atoms with van der Waals surface area (Å²) in [5.41, 5.74) is 3.71. The molecular weight excluding hydrogens is 409 g/mol. The van der Waals surface area contributed by atoms with Crippen LogP contribution in [0.2, 0.25) is 0 Å². The summed E-state index contributed by atoms with van der Waals surface area (Å²) >= 11 is 0. The van der Waals surface area contributed by atoms with Crippen molar-refractivity contribution in [3.05, 3.63) is 107 Å². The summed E-state index contributed by atoms with van der Waals surface area (Å²) in [5.74, 6) is -0.668. The van der Waals surface area contributed by atoms with Crippen LogP contribution in [0, 0.1) is 11.3 Å². The fraction of sp³-hybridized carbons (Fsp3) is 0.259. The quantitative estimate of drug-likeness (QED) is 0.401. The molecule has 33 heavy (non-hydrogen) atoms. The summed E-state index contributed by atoms with van der Waals surface area (Å²) in [4.78, 5) is 11.7. The van der Waals surface area contributed by atoms with Gasteiger partial charge in [-0.1, -0.05) is 72.8 Å². The molecule has 3 N–H and O–H groups in total. The van der Waals surface area contributed by atoms with Crippen LogP contribution in [0.1, 0.15) is 28.7 Å². The van der Waals surface area contributed by atoms with E-state index < -0.39 is 18.0 Å². The molecule has 2 radical (unpaired) electrons. The highest BCUT2D eigenvalue weighted by atomic mass is 16.3. The molecule has 166 valence electrons. The average molecular weight is 437 g/mol. The third kappa shape index (κ3) is 7.91. The Morgan fingerprint density at radius 3 is 2.18 bits per heavy atom. The number of aliphatic hydroxyl groups is 1. The van der Waals surface area contributed by atoms with E-state index in [0.717, 1.165) is 17.5 Å². The van der Waals surface area contributed by atoms with Gasteiger partial charge in [0.1, 0.15) is 0 Å². The molecular formula is C27H28BN3O2. The van der Waals surface area contributed by atoms with Crippen LogP contribution in [0.5, 0.6) is 0 Å². The number of aliphatic hydroxyl groups excluding tert-OH is 1. The second-order valence-corrected chi connectivity index (χ2v) is 8.12. The van der Waals surface area contributed by atoms with E-state index in [0.29, 0.717) is 24.9 Å². The van der Waals surface area contributed by atoms with Gasteiger partial charge in [-0.25, -0.2) is 0 Å². The molecule has 3 aromatic carbocycles. The van der Waals surface area contributed by atoms with E-state index in [9.17, 15) is 15.2 Å². The van der Waals surface area contributed by atoms with Gasteiger partial charge in [-0.2, -0.15) is 5.26 Å². The van der Waals surface area contributed by atoms with Gasteiger partial charge in [0.2, 0.25) is 7.85 Å². The lowest BCUT2D eigenvalue weighted by atomic mass is 9.91. The van der Waals surface area contributed by atoms with Gasteiger partial charge < -0.3 is 15.7 Å². The third-order valence-electron chi connectivity index (χ3n) is 5.66. The molecule has 0 aliphatic carbocycles. The number of nitriles is 1. The van der Waals surface area contributed by atoms with Gasteiger partial charge in [0.05, 0.1) is 23.8 Å². The number of amides is 1. The third-order valence-corrected chi connectivity index (χ3v) is 5.66. The Hall–Kier alpha value is -3.40. The van der Waals surface area contributed by atoms with Crippen LogP contribution in [0.3, 0.4) is 0 Å². The summed E-state index contributed by atoms with van der Waals surface area (Å²) < 4.78 is 0. The predicted octanol–water partition coefficient (Wildman–Crippen LogP) is 3.50. The number of benzene rings is 3. The Morgan fingerprint density at radius 1 is 0.909 bits per heavy atom. The zero-order chi connectivity index (χ0) is 23.5. The van der Waals surface area contributed by atoms with Crippen LogP contribution in [0.4, 0.5) is 4.79 Å². The van der Waals surface area contributed by atoms with Crippen molar-refractivity contribution in [1.29, 1.82) is 5.26 Å². The van der Waals surface area contributed by atoms with E-state index in [1.165, 1.54) is 5.56 Å². The van der Waals surface area contributed by atoms with E-state index in [-0.39, 0.29) is 6.04 Å². The molecule has 0 aliphatic rings. The highest BCUT2D eigenvalue weighted by Crippen LogP contribution is 2.15. The summed E-state index contributed by atoms with van der Waals surface area (Å²) in [6.45, 7) is 0.487. The first-order valence-corrected chi connectivity index (χ1v) is 11.1. The van der Waals surface area contributed by atoms with Crippen LogP contribution >= 0.6 is 0 Å². The first kappa shape index (κ1) is 24.3. The SMILES string of the molecule is [B]C(=O)N[C@H](Cc1ccccc1)[C@H](O)[C@@H](CCc1ccccc1)NCc1cccc(C#N)c1. The molecule has 5 nitrogen and oxygen atoms in total. The van der Waals surface area contributed by atoms with Crippen molar-refractivity contribution >= 4 is 13.7 Å². The number of carbonyl (C=O) groups is 1. The van der Waals surface area contributed by atoms with Gasteiger partial charge in [0.15, 0.2) is 5.81 Å². The van der Waals surface area contributed by atoms with Crippen LogP contribution in [-0.4, -0.2) is 36.9 Å². The van der Waals surface area contributed by atoms with E-state index in [2.05, 4.69) is 28.8 Å². The molecule has 3 atom stereocenters. The second-order valence-electron chi connectivity index (χ2n) is 8.12. The Balaban J connectivity index is 1.77. The van der Waals surface area contributed by atoms with Crippen LogP contribution < -0.4 is 10.6 Å². The number of nitrogens with one attached hydrogen (secondary N) is 2. The molecule has 0 aliphatic heterocycles. The summed E-state index contributed by atoms with van der Waals surface area (Å²) in [6.07, 6.45) is 1.01. The van der Waals surface area contributed by atoms with Crippen molar-refractivity contribution in [3.63, 3.8) is 0 Å². The Bertz CT molecular complexity index is 1050. The zero-order valence-corrected chi connectivity index (χ0v) is 18.5. The predicted molar refractivity (Wildman–Crippen MR) is 131 cm³/mol. The molecule has 0 saturated heterocycles. The molecule has 1 amide bonds. The zero-order valence-electron chi connectivity index (χ0n) is 18.5. The number of nitrogens with zero attached hydrogens (tertiary/aromatic N) is 1. The normalized spacial score (nSPS) is 13.5. The Labute approximate surface area is 196 Å². The number of rotatable bonds is 11. The number of hydrogen-bond donors (Lipinski definition) is 3. The van der Waals surface area contributed by atoms with E-state index in [1.54, 1.807) is 6.07 Å². The molecule has 0 heterocycles. The van der Waals surface area contributed by atoms with Gasteiger partial charge in [-0.15, -0.1) is 0 Å². The number of carbonyl (C=O) groups excluding carboxylic acids is 1. The summed E-state index contributed by atoms with van der Waals surface area (Å²) in [5, 5.41) is 26.7. The monoisotopic (exact) mass is 437 g/mol. The average Bonchev–Trinajstić information content (AvgIpc) is 2.84. The van der Waals surface area contributed by atoms with E-state index in [4.69, 9.17) is 7.85 Å². The van der Waals surface area contributed by atoms with E-state index in [1.807, 2.05) is 66.7 Å². The lowest BCUT2D eigenvalue weighted by Gasteiger charge is -2.32. The first-order chi connectivity index (χ1) is 16.0. The molecule has 3 aromatic rings. The topological polar surface area (TPSA) is 85.2 Å². The molecule has 6 heteroatoms. The van der Waals surface area contributed by atoms with Gasteiger partial charge in [-0.05, 0) is 48.1 Å². The first-order valence-electron chi connectivity index (χ1n) is 11.1. The van der Waals surface area contributed by atoms with Gasteiger partial charge in [-0.3, -0.25) is 4.79 Å². The highest BCUT2D eigenvalue weighted by Gasteiger charge is 2.28. The smallest absolute Gasteiger partial charge is 0.200 e. The lowest BCUT2D eigenvalue weighted by Crippen LogP contribution is -2.53. The number of aryl methyl sites for hydroxylation is 1. The fourth-order valence-electron chi connectivity index (χ4n) is 3.95. The van der Waals surface area contributed by atoms with Crippen molar-refractivity contribution in [2.24, 2.45) is 0 Å². The van der Waals surface area contributed by atoms with Crippen molar-refractivity contribution in [2.45, 2.75) is 44.0 Å². The molecule has 3 rings (SSSR count). The second kappa shape index (κ2) is 12.6. The standard InChI is InChI=1S/C27H28BN3O2/c28-27(33)31-25(17-21-10-5-2-6-11-21)26(32)24(15-14-20-8-3-1-4-9-20)30-19-23-13-7-12-22(16-23)18-29/h1-13,16,24-26,30,32H,14-15,17,19H2,(H,31,33)/t24-,25-,26-/m1/s1. The van der Waals surface area contributed by atoms with Crippen LogP contribution in [-0.2, 0) is 19.4 Å². The van der Waals surface area contributed by atoms with Gasteiger partial charge in [0, 0.05) is 12.6 Å².